The van der Waals surface area contributed by atoms with Crippen LogP contribution >= 0.6 is 0 Å². The summed E-state index contributed by atoms with van der Waals surface area (Å²) >= 11 is 0. The quantitative estimate of drug-likeness (QED) is 0.803. The number of aromatic nitrogens is 3. The van der Waals surface area contributed by atoms with Crippen LogP contribution in [0.5, 0.6) is 5.75 Å². The molecule has 0 aliphatic carbocycles. The van der Waals surface area contributed by atoms with Gasteiger partial charge in [-0.25, -0.2) is 4.98 Å². The zero-order valence-corrected chi connectivity index (χ0v) is 10.7. The molecule has 0 saturated carbocycles. The Morgan fingerprint density at radius 2 is 2.00 bits per heavy atom. The van der Waals surface area contributed by atoms with Crippen molar-refractivity contribution >= 4 is 10.9 Å². The highest BCUT2D eigenvalue weighted by molar-refractivity contribution is 5.82. The molecule has 7 heteroatoms. The lowest BCUT2D eigenvalue weighted by molar-refractivity contribution is -0.153. The smallest absolute Gasteiger partial charge is 0.422 e. The van der Waals surface area contributed by atoms with Gasteiger partial charge in [-0.05, 0) is 24.3 Å². The highest BCUT2D eigenvalue weighted by atomic mass is 19.4. The van der Waals surface area contributed by atoms with Crippen LogP contribution in [0.3, 0.4) is 0 Å². The molecule has 0 spiro atoms. The number of hydrogen-bond donors (Lipinski definition) is 1. The number of pyridine rings is 1. The zero-order valence-electron chi connectivity index (χ0n) is 10.7. The van der Waals surface area contributed by atoms with Crippen LogP contribution in [0.2, 0.25) is 0 Å². The number of ether oxygens (including phenoxy) is 1. The second-order valence-corrected chi connectivity index (χ2v) is 4.44. The lowest BCUT2D eigenvalue weighted by atomic mass is 10.1. The number of H-pyrrole nitrogens is 1. The second-order valence-electron chi connectivity index (χ2n) is 4.44. The van der Waals surface area contributed by atoms with Crippen molar-refractivity contribution in [1.29, 1.82) is 0 Å². The summed E-state index contributed by atoms with van der Waals surface area (Å²) in [4.78, 5) is 4.43. The number of nitrogens with zero attached hydrogens (tertiary/aromatic N) is 2. The topological polar surface area (TPSA) is 50.8 Å². The van der Waals surface area contributed by atoms with E-state index in [1.54, 1.807) is 30.6 Å². The normalized spacial score (nSPS) is 11.8. The monoisotopic (exact) mass is 293 g/mol. The number of nitrogens with one attached hydrogen (secondary N) is 1. The van der Waals surface area contributed by atoms with Gasteiger partial charge in [-0.2, -0.15) is 18.3 Å². The van der Waals surface area contributed by atoms with Gasteiger partial charge in [0.1, 0.15) is 5.75 Å². The maximum absolute atomic E-state index is 12.1. The summed E-state index contributed by atoms with van der Waals surface area (Å²) in [6.45, 7) is -1.31. The fraction of sp³-hybridized carbons (Fsp3) is 0.143. The van der Waals surface area contributed by atoms with Gasteiger partial charge >= 0.3 is 6.18 Å². The Labute approximate surface area is 117 Å². The van der Waals surface area contributed by atoms with E-state index in [1.165, 1.54) is 12.1 Å². The predicted octanol–water partition coefficient (Wildman–Crippen LogP) is 3.57. The molecule has 0 radical (unpaired) electrons. The molecule has 2 aromatic heterocycles. The molecular formula is C14H10F3N3O. The summed E-state index contributed by atoms with van der Waals surface area (Å²) in [6, 6.07) is 8.20. The predicted molar refractivity (Wildman–Crippen MR) is 70.9 cm³/mol. The first-order valence-electron chi connectivity index (χ1n) is 6.11. The molecule has 2 heterocycles. The number of rotatable bonds is 3. The molecule has 3 rings (SSSR count). The van der Waals surface area contributed by atoms with E-state index in [1.807, 2.05) is 0 Å². The molecule has 0 aliphatic heterocycles. The molecular weight excluding hydrogens is 283 g/mol. The molecule has 0 fully saturated rings. The van der Waals surface area contributed by atoms with Crippen LogP contribution in [0.4, 0.5) is 13.2 Å². The lowest BCUT2D eigenvalue weighted by Crippen LogP contribution is -2.19. The molecule has 4 nitrogen and oxygen atoms in total. The fourth-order valence-corrected chi connectivity index (χ4v) is 1.91. The van der Waals surface area contributed by atoms with Gasteiger partial charge in [-0.1, -0.05) is 6.07 Å². The van der Waals surface area contributed by atoms with Gasteiger partial charge in [0.25, 0.3) is 0 Å². The van der Waals surface area contributed by atoms with E-state index in [4.69, 9.17) is 4.74 Å². The van der Waals surface area contributed by atoms with E-state index in [-0.39, 0.29) is 5.75 Å². The SMILES string of the molecule is FC(F)(F)COc1ccc2nc(-c3cn[nH]c3)ccc2c1. The van der Waals surface area contributed by atoms with Gasteiger partial charge in [0.05, 0.1) is 17.4 Å². The molecule has 1 N–H and O–H groups in total. The lowest BCUT2D eigenvalue weighted by Gasteiger charge is -2.09. The van der Waals surface area contributed by atoms with E-state index in [2.05, 4.69) is 15.2 Å². The van der Waals surface area contributed by atoms with Crippen molar-refractivity contribution in [2.45, 2.75) is 6.18 Å². The van der Waals surface area contributed by atoms with Gasteiger partial charge in [0, 0.05) is 17.1 Å². The van der Waals surface area contributed by atoms with Crippen molar-refractivity contribution in [2.75, 3.05) is 6.61 Å². The Balaban J connectivity index is 1.88. The van der Waals surface area contributed by atoms with Gasteiger partial charge < -0.3 is 4.74 Å². The maximum Gasteiger partial charge on any atom is 0.422 e. The molecule has 21 heavy (non-hydrogen) atoms. The zero-order chi connectivity index (χ0) is 14.9. The van der Waals surface area contributed by atoms with Crippen molar-refractivity contribution in [2.24, 2.45) is 0 Å². The second kappa shape index (κ2) is 5.08. The molecule has 0 amide bonds. The van der Waals surface area contributed by atoms with Crippen molar-refractivity contribution in [1.82, 2.24) is 15.2 Å². The first-order chi connectivity index (χ1) is 10.0. The highest BCUT2D eigenvalue weighted by Crippen LogP contribution is 2.25. The molecule has 0 bridgehead atoms. The van der Waals surface area contributed by atoms with Crippen LogP contribution in [-0.2, 0) is 0 Å². The summed E-state index contributed by atoms with van der Waals surface area (Å²) in [5.74, 6) is 0.165. The summed E-state index contributed by atoms with van der Waals surface area (Å²) in [5, 5.41) is 7.26. The van der Waals surface area contributed by atoms with Crippen LogP contribution in [0.25, 0.3) is 22.2 Å². The summed E-state index contributed by atoms with van der Waals surface area (Å²) in [7, 11) is 0. The molecule has 1 aromatic carbocycles. The van der Waals surface area contributed by atoms with Gasteiger partial charge in [-0.15, -0.1) is 0 Å². The first kappa shape index (κ1) is 13.4. The summed E-state index contributed by atoms with van der Waals surface area (Å²) in [6.07, 6.45) is -0.984. The van der Waals surface area contributed by atoms with Gasteiger partial charge in [-0.3, -0.25) is 5.10 Å². The molecule has 0 atom stereocenters. The third-order valence-electron chi connectivity index (χ3n) is 2.86. The van der Waals surface area contributed by atoms with E-state index >= 15 is 0 Å². The van der Waals surface area contributed by atoms with Gasteiger partial charge in [0.15, 0.2) is 6.61 Å². The van der Waals surface area contributed by atoms with Crippen molar-refractivity contribution in [3.05, 3.63) is 42.7 Å². The summed E-state index contributed by atoms with van der Waals surface area (Å²) in [5.41, 5.74) is 2.25. The Hall–Kier alpha value is -2.57. The van der Waals surface area contributed by atoms with Crippen LogP contribution in [0.15, 0.2) is 42.7 Å². The Bertz CT molecular complexity index is 754. The summed E-state index contributed by atoms with van der Waals surface area (Å²) < 4.78 is 41.1. The third-order valence-corrected chi connectivity index (χ3v) is 2.86. The van der Waals surface area contributed by atoms with Crippen LogP contribution in [0.1, 0.15) is 0 Å². The van der Waals surface area contributed by atoms with E-state index in [0.717, 1.165) is 11.3 Å². The van der Waals surface area contributed by atoms with Crippen molar-refractivity contribution < 1.29 is 17.9 Å². The third kappa shape index (κ3) is 3.13. The Kier molecular flexibility index (Phi) is 3.25. The average molecular weight is 293 g/mol. The molecule has 0 aliphatic rings. The number of alkyl halides is 3. The number of benzene rings is 1. The standard InChI is InChI=1S/C14H10F3N3O/c15-14(16,17)8-21-11-2-4-12-9(5-11)1-3-13(20-12)10-6-18-19-7-10/h1-7H,8H2,(H,18,19). The fourth-order valence-electron chi connectivity index (χ4n) is 1.91. The average Bonchev–Trinajstić information content (AvgIpc) is 2.98. The number of halogens is 3. The van der Waals surface area contributed by atoms with E-state index in [9.17, 15) is 13.2 Å². The van der Waals surface area contributed by atoms with Gasteiger partial charge in [0.2, 0.25) is 0 Å². The minimum atomic E-state index is -4.35. The highest BCUT2D eigenvalue weighted by Gasteiger charge is 2.28. The maximum atomic E-state index is 12.1. The van der Waals surface area contributed by atoms with Crippen LogP contribution in [-0.4, -0.2) is 28.0 Å². The molecule has 3 aromatic rings. The molecule has 108 valence electrons. The minimum Gasteiger partial charge on any atom is -0.484 e. The van der Waals surface area contributed by atoms with Crippen molar-refractivity contribution in [3.63, 3.8) is 0 Å². The van der Waals surface area contributed by atoms with E-state index in [0.29, 0.717) is 10.9 Å². The van der Waals surface area contributed by atoms with Crippen LogP contribution < -0.4 is 4.74 Å². The largest absolute Gasteiger partial charge is 0.484 e. The minimum absolute atomic E-state index is 0.165. The molecule has 0 saturated heterocycles. The van der Waals surface area contributed by atoms with Crippen LogP contribution in [0, 0.1) is 0 Å². The number of hydrogen-bond acceptors (Lipinski definition) is 3. The number of aromatic amines is 1. The Morgan fingerprint density at radius 1 is 1.14 bits per heavy atom. The van der Waals surface area contributed by atoms with E-state index < -0.39 is 12.8 Å². The number of fused-ring (bicyclic) bond motifs is 1. The first-order valence-corrected chi connectivity index (χ1v) is 6.11. The Morgan fingerprint density at radius 3 is 2.71 bits per heavy atom. The van der Waals surface area contributed by atoms with Crippen molar-refractivity contribution in [3.8, 4) is 17.0 Å². The molecule has 0 unspecified atom stereocenters.